The molecule has 6 nitrogen and oxygen atoms in total. The summed E-state index contributed by atoms with van der Waals surface area (Å²) in [6.07, 6.45) is 65.3. The minimum absolute atomic E-state index is 0.301. The van der Waals surface area contributed by atoms with E-state index in [0.29, 0.717) is 36.5 Å². The molecule has 0 amide bonds. The minimum Gasteiger partial charge on any atom is -0.550 e. The van der Waals surface area contributed by atoms with Crippen molar-refractivity contribution in [2.24, 2.45) is 17.8 Å². The summed E-state index contributed by atoms with van der Waals surface area (Å²) in [7, 11) is 0. The molecule has 0 N–H and O–H groups in total. The van der Waals surface area contributed by atoms with E-state index in [-0.39, 0.29) is 17.8 Å². The molecule has 3 atom stereocenters. The number of hydrogen-bond donors (Lipinski definition) is 3. The Kier molecular flexibility index (Phi) is 76.8. The molecule has 0 bridgehead atoms. The van der Waals surface area contributed by atoms with Gasteiger partial charge in [0.1, 0.15) is 0 Å². The van der Waals surface area contributed by atoms with Crippen molar-refractivity contribution in [3.05, 3.63) is 49.1 Å². The molecule has 0 spiro atoms. The molecule has 0 aliphatic carbocycles. The molecule has 0 fully saturated rings. The van der Waals surface area contributed by atoms with Gasteiger partial charge >= 0.3 is 39.6 Å². The predicted molar refractivity (Wildman–Crippen MR) is 326 cm³/mol. The van der Waals surface area contributed by atoms with Crippen molar-refractivity contribution in [2.45, 2.75) is 295 Å². The van der Waals surface area contributed by atoms with Crippen LogP contribution >= 0.6 is 37.9 Å². The summed E-state index contributed by atoms with van der Waals surface area (Å²) in [6, 6.07) is 0. The normalized spacial score (nSPS) is 12.4. The summed E-state index contributed by atoms with van der Waals surface area (Å²) in [6.45, 7) is 10.3. The second-order valence-electron chi connectivity index (χ2n) is 20.1. The molecule has 73 heavy (non-hydrogen) atoms. The Morgan fingerprint density at radius 1 is 0.356 bits per heavy atom. The topological polar surface area (TPSA) is 120 Å². The van der Waals surface area contributed by atoms with Crippen molar-refractivity contribution < 1.29 is 29.7 Å². The van der Waals surface area contributed by atoms with Crippen LogP contribution < -0.4 is 15.3 Å². The van der Waals surface area contributed by atoms with Gasteiger partial charge in [0.05, 0.1) is 0 Å². The van der Waals surface area contributed by atoms with E-state index in [1.165, 1.54) is 178 Å². The van der Waals surface area contributed by atoms with Crippen LogP contribution in [0.2, 0.25) is 4.44 Å². The van der Waals surface area contributed by atoms with Gasteiger partial charge in [0.2, 0.25) is 0 Å². The number of thiol groups is 3. The molecular formula is C63H116O6S3Sn. The molecule has 0 saturated carbocycles. The summed E-state index contributed by atoms with van der Waals surface area (Å²) < 4.78 is 1.17. The van der Waals surface area contributed by atoms with Crippen LogP contribution in [0.1, 0.15) is 290 Å². The van der Waals surface area contributed by atoms with Crippen molar-refractivity contribution in [3.63, 3.8) is 0 Å². The van der Waals surface area contributed by atoms with E-state index in [2.05, 4.69) is 102 Å². The number of allylic oxidation sites excluding steroid dienone is 7. The number of carbonyl (C=O) groups is 3. The number of carbonyl (C=O) groups excluding carboxylic acids is 3. The fourth-order valence-corrected chi connectivity index (χ4v) is 9.40. The second kappa shape index (κ2) is 71.2. The second-order valence-corrected chi connectivity index (χ2v) is 22.6. The fourth-order valence-electron chi connectivity index (χ4n) is 8.46. The monoisotopic (exact) mass is 1180 g/mol. The van der Waals surface area contributed by atoms with E-state index in [0.717, 1.165) is 77.0 Å². The van der Waals surface area contributed by atoms with Gasteiger partial charge in [-0.2, -0.15) is 37.9 Å². The third-order valence-electron chi connectivity index (χ3n) is 13.3. The molecule has 0 aliphatic rings. The third-order valence-corrected chi connectivity index (χ3v) is 14.9. The van der Waals surface area contributed by atoms with Gasteiger partial charge in [0.15, 0.2) is 0 Å². The Bertz CT molecular complexity index is 1080. The molecule has 426 valence electrons. The molecule has 3 unspecified atom stereocenters. The zero-order chi connectivity index (χ0) is 54.9. The Morgan fingerprint density at radius 2 is 0.534 bits per heavy atom. The number of unbranched alkanes of at least 4 members (excludes halogenated alkanes) is 30. The maximum atomic E-state index is 10.9. The number of carboxylic acid groups (broad SMARTS) is 3. The van der Waals surface area contributed by atoms with Crippen LogP contribution in [-0.4, -0.2) is 57.7 Å². The first-order valence-corrected chi connectivity index (χ1v) is 34.1. The maximum absolute atomic E-state index is 10.9. The fraction of sp³-hybridized carbons (Fsp3) is 0.825. The number of hydrogen-bond acceptors (Lipinski definition) is 9. The largest absolute Gasteiger partial charge is 0.550 e. The molecular weight excluding hydrogens is 1070 g/mol. The Labute approximate surface area is 483 Å². The first-order chi connectivity index (χ1) is 35.6. The minimum atomic E-state index is -0.906. The van der Waals surface area contributed by atoms with Crippen molar-refractivity contribution in [1.82, 2.24) is 0 Å². The number of carboxylic acids is 3. The maximum Gasteiger partial charge on any atom is 0.0445 e. The zero-order valence-electron chi connectivity index (χ0n) is 47.8. The number of rotatable bonds is 52. The quantitative estimate of drug-likeness (QED) is 0.0241. The van der Waals surface area contributed by atoms with E-state index in [1.54, 1.807) is 22.5 Å². The summed E-state index contributed by atoms with van der Waals surface area (Å²) >= 11 is 13.9. The summed E-state index contributed by atoms with van der Waals surface area (Å²) in [4.78, 5) is 32.7. The van der Waals surface area contributed by atoms with Gasteiger partial charge in [0, 0.05) is 17.9 Å². The van der Waals surface area contributed by atoms with Crippen molar-refractivity contribution >= 4 is 78.3 Å². The van der Waals surface area contributed by atoms with Crippen LogP contribution in [0.4, 0.5) is 0 Å². The van der Waals surface area contributed by atoms with Gasteiger partial charge in [-0.3, -0.25) is 0 Å². The van der Waals surface area contributed by atoms with Gasteiger partial charge in [-0.25, -0.2) is 0 Å². The van der Waals surface area contributed by atoms with Gasteiger partial charge in [0.25, 0.3) is 0 Å². The molecule has 0 aliphatic heterocycles. The summed E-state index contributed by atoms with van der Waals surface area (Å²) in [5, 5.41) is 32.7. The van der Waals surface area contributed by atoms with Crippen molar-refractivity contribution in [2.75, 3.05) is 17.3 Å². The van der Waals surface area contributed by atoms with Crippen molar-refractivity contribution in [3.8, 4) is 0 Å². The standard InChI is InChI=1S/3C20H38O2S.C3H5.Sn/c3*1-2-3-4-5-6-7-8-9-10-11-12-13-14-15-16-19(17-18-23)20(21)22;1-3-2;/h3*9-10,19,23H,2-8,11-18H2,1H3,(H,21,22);3H,1-2H2;/q;;;;+3/p-3/b3*10-9-;;. The van der Waals surface area contributed by atoms with Gasteiger partial charge in [-0.05, 0) is 151 Å². The van der Waals surface area contributed by atoms with E-state index in [1.807, 2.05) is 6.08 Å². The molecule has 0 aromatic heterocycles. The zero-order valence-corrected chi connectivity index (χ0v) is 53.3. The van der Waals surface area contributed by atoms with Crippen LogP contribution in [-0.2, 0) is 14.4 Å². The number of aliphatic carboxylic acids is 3. The van der Waals surface area contributed by atoms with Crippen LogP contribution in [0.25, 0.3) is 0 Å². The average molecular weight is 1180 g/mol. The molecule has 0 aromatic carbocycles. The first kappa shape index (κ1) is 78.7. The Hall–Kier alpha value is -0.781. The SMILES string of the molecule is C=C[CH2][Sn+3].CCCCCCCC/C=C\CCCCCCC(CCS)C(=O)[O-].CCCCCCCC/C=C\CCCCCCC(CCS)C(=O)[O-].CCCCCCCC/C=C\CCCCCCC(CCS)C(=O)[O-]. The van der Waals surface area contributed by atoms with E-state index in [4.69, 9.17) is 0 Å². The van der Waals surface area contributed by atoms with E-state index < -0.39 is 17.9 Å². The van der Waals surface area contributed by atoms with Crippen LogP contribution in [0, 0.1) is 17.8 Å². The van der Waals surface area contributed by atoms with Gasteiger partial charge in [-0.1, -0.05) is 211 Å². The van der Waals surface area contributed by atoms with Gasteiger partial charge < -0.3 is 29.7 Å². The Balaban J connectivity index is -0.000000470. The smallest absolute Gasteiger partial charge is 0.0445 e. The van der Waals surface area contributed by atoms with Crippen LogP contribution in [0.5, 0.6) is 0 Å². The molecule has 0 saturated heterocycles. The predicted octanol–water partition coefficient (Wildman–Crippen LogP) is 16.7. The first-order valence-electron chi connectivity index (χ1n) is 30.2. The van der Waals surface area contributed by atoms with Crippen LogP contribution in [0.15, 0.2) is 49.1 Å². The van der Waals surface area contributed by atoms with E-state index in [9.17, 15) is 29.7 Å². The summed E-state index contributed by atoms with van der Waals surface area (Å²) in [5.41, 5.74) is 0. The molecule has 10 heteroatoms. The molecule has 0 radical (unpaired) electrons. The van der Waals surface area contributed by atoms with Crippen molar-refractivity contribution in [1.29, 1.82) is 0 Å². The van der Waals surface area contributed by atoms with Gasteiger partial charge in [-0.15, -0.1) is 0 Å². The molecule has 0 heterocycles. The molecule has 0 rings (SSSR count). The molecule has 0 aromatic rings. The Morgan fingerprint density at radius 3 is 0.699 bits per heavy atom. The van der Waals surface area contributed by atoms with Crippen LogP contribution in [0.3, 0.4) is 0 Å². The van der Waals surface area contributed by atoms with E-state index >= 15 is 0 Å². The third kappa shape index (κ3) is 71.2. The average Bonchev–Trinajstić information content (AvgIpc) is 3.38. The summed E-state index contributed by atoms with van der Waals surface area (Å²) in [5.74, 6) is -1.74.